The van der Waals surface area contributed by atoms with Crippen LogP contribution in [0.4, 0.5) is 0 Å². The number of halogens is 2. The predicted molar refractivity (Wildman–Crippen MR) is 179 cm³/mol. The van der Waals surface area contributed by atoms with Crippen LogP contribution in [0.25, 0.3) is 12.2 Å². The van der Waals surface area contributed by atoms with Gasteiger partial charge in [0.1, 0.15) is 0 Å². The second-order valence-corrected chi connectivity index (χ2v) is 37.6. The standard InChI is InChI=1S/2C12H15Si.C12H10Si.2ClH.Zr/c2*1-13(2,3)12-8-10-6-4-5-7-11(10)9-12;1-3-7-11(8-4-1)13-12-9-5-2-6-10-12;;;/h2*4-9H,1-3H3;1-10H;2*1H;/q;;;;;+2/p-2. The molecule has 0 bridgehead atoms. The number of hydrogen-bond donors (Lipinski definition) is 0. The summed E-state index contributed by atoms with van der Waals surface area (Å²) in [6.07, 6.45) is 5.31. The molecule has 6 rings (SSSR count). The zero-order valence-electron chi connectivity index (χ0n) is 25.5. The SMILES string of the molecule is C[Si](C)(C)C1=Cc2ccccc2[CH]1[Zr+2]([CH]1C([Si](C)(C)C)=Cc2ccccc21)=[Si](c1ccccc1)c1ccccc1.[Cl-].[Cl-]. The Kier molecular flexibility index (Phi) is 10.5. The Hall–Kier alpha value is -1.53. The van der Waals surface area contributed by atoms with Gasteiger partial charge in [-0.1, -0.05) is 0 Å². The summed E-state index contributed by atoms with van der Waals surface area (Å²) in [6.45, 7) is 15.5. The van der Waals surface area contributed by atoms with Crippen LogP contribution in [0.5, 0.6) is 0 Å². The van der Waals surface area contributed by atoms with Gasteiger partial charge in [-0.05, 0) is 0 Å². The van der Waals surface area contributed by atoms with Crippen LogP contribution < -0.4 is 35.2 Å². The maximum atomic E-state index is 2.65. The van der Waals surface area contributed by atoms with Gasteiger partial charge in [-0.25, -0.2) is 0 Å². The largest absolute Gasteiger partial charge is 1.00 e. The second-order valence-electron chi connectivity index (χ2n) is 13.4. The van der Waals surface area contributed by atoms with Gasteiger partial charge >= 0.3 is 253 Å². The van der Waals surface area contributed by atoms with Crippen molar-refractivity contribution in [1.29, 1.82) is 0 Å². The molecule has 0 heterocycles. The molecular weight excluding hydrogens is 679 g/mol. The minimum atomic E-state index is -2.55. The topological polar surface area (TPSA) is 0 Å². The zero-order chi connectivity index (χ0) is 28.1. The molecule has 42 heavy (non-hydrogen) atoms. The first-order valence-corrected chi connectivity index (χ1v) is 29.6. The van der Waals surface area contributed by atoms with E-state index in [4.69, 9.17) is 0 Å². The maximum Gasteiger partial charge on any atom is -1.00 e. The van der Waals surface area contributed by atoms with E-state index in [9.17, 15) is 0 Å². The van der Waals surface area contributed by atoms with Crippen LogP contribution in [0.15, 0.2) is 120 Å². The molecular formula is C36H40Cl2Si3Zr. The van der Waals surface area contributed by atoms with Crippen molar-refractivity contribution in [2.24, 2.45) is 0 Å². The molecule has 4 aromatic carbocycles. The van der Waals surface area contributed by atoms with Gasteiger partial charge in [-0.15, -0.1) is 0 Å². The van der Waals surface area contributed by atoms with Crippen molar-refractivity contribution < 1.29 is 45.2 Å². The third kappa shape index (κ3) is 6.32. The minimum Gasteiger partial charge on any atom is -1.00 e. The summed E-state index contributed by atoms with van der Waals surface area (Å²) < 4.78 is 1.24. The van der Waals surface area contributed by atoms with E-state index < -0.39 is 41.9 Å². The van der Waals surface area contributed by atoms with Gasteiger partial charge < -0.3 is 24.8 Å². The number of rotatable bonds is 6. The van der Waals surface area contributed by atoms with Crippen molar-refractivity contribution in [3.63, 3.8) is 0 Å². The van der Waals surface area contributed by atoms with E-state index in [1.807, 2.05) is 10.4 Å². The van der Waals surface area contributed by atoms with E-state index in [0.29, 0.717) is 7.25 Å². The van der Waals surface area contributed by atoms with E-state index in [-0.39, 0.29) is 24.8 Å². The third-order valence-electron chi connectivity index (χ3n) is 8.63. The molecule has 0 N–H and O–H groups in total. The maximum absolute atomic E-state index is 2.65. The number of allylic oxidation sites excluding steroid dienone is 2. The zero-order valence-corrected chi connectivity index (χ0v) is 32.4. The van der Waals surface area contributed by atoms with Gasteiger partial charge in [-0.2, -0.15) is 0 Å². The van der Waals surface area contributed by atoms with Crippen molar-refractivity contribution in [2.75, 3.05) is 0 Å². The Morgan fingerprint density at radius 1 is 0.476 bits per heavy atom. The fraction of sp³-hybridized carbons (Fsp3) is 0.222. The smallest absolute Gasteiger partial charge is 1.00 e. The predicted octanol–water partition coefficient (Wildman–Crippen LogP) is 2.45. The summed E-state index contributed by atoms with van der Waals surface area (Å²) in [6, 6.07) is 42.4. The summed E-state index contributed by atoms with van der Waals surface area (Å²) in [7, 11) is -3.18. The Labute approximate surface area is 275 Å². The van der Waals surface area contributed by atoms with Gasteiger partial charge in [0.05, 0.1) is 0 Å². The Morgan fingerprint density at radius 3 is 1.17 bits per heavy atom. The molecule has 4 aromatic rings. The van der Waals surface area contributed by atoms with E-state index in [0.717, 1.165) is 0 Å². The van der Waals surface area contributed by atoms with Crippen LogP contribution >= 0.6 is 0 Å². The van der Waals surface area contributed by atoms with E-state index in [2.05, 4.69) is 161 Å². The van der Waals surface area contributed by atoms with Gasteiger partial charge in [0, 0.05) is 0 Å². The summed E-state index contributed by atoms with van der Waals surface area (Å²) in [5, 5.41) is 6.87. The summed E-state index contributed by atoms with van der Waals surface area (Å²) in [5.74, 6) is 0. The van der Waals surface area contributed by atoms with E-state index in [1.54, 1.807) is 21.5 Å². The average molecular weight is 719 g/mol. The molecule has 0 spiro atoms. The second kappa shape index (κ2) is 13.2. The van der Waals surface area contributed by atoms with Crippen LogP contribution in [0.1, 0.15) is 29.5 Å². The van der Waals surface area contributed by atoms with Crippen LogP contribution in [0, 0.1) is 0 Å². The quantitative estimate of drug-likeness (QED) is 0.269. The fourth-order valence-corrected chi connectivity index (χ4v) is 43.7. The van der Waals surface area contributed by atoms with Crippen LogP contribution in [-0.2, 0) is 20.4 Å². The minimum absolute atomic E-state index is 0. The number of benzene rings is 4. The molecule has 2 unspecified atom stereocenters. The van der Waals surface area contributed by atoms with Gasteiger partial charge in [0.25, 0.3) is 0 Å². The first kappa shape index (κ1) is 33.4. The molecule has 0 aliphatic heterocycles. The van der Waals surface area contributed by atoms with Crippen LogP contribution in [0.2, 0.25) is 39.3 Å². The van der Waals surface area contributed by atoms with Crippen LogP contribution in [0.3, 0.4) is 0 Å². The van der Waals surface area contributed by atoms with Crippen LogP contribution in [-0.4, -0.2) is 21.6 Å². The third-order valence-corrected chi connectivity index (χ3v) is 34.8. The van der Waals surface area contributed by atoms with E-state index >= 15 is 0 Å². The van der Waals surface area contributed by atoms with Crippen molar-refractivity contribution in [2.45, 2.75) is 46.5 Å². The molecule has 0 amide bonds. The summed E-state index contributed by atoms with van der Waals surface area (Å²) >= 11 is -2.55. The molecule has 0 fully saturated rings. The first-order chi connectivity index (χ1) is 19.1. The monoisotopic (exact) mass is 716 g/mol. The van der Waals surface area contributed by atoms with Crippen molar-refractivity contribution >= 4 is 44.1 Å². The Morgan fingerprint density at radius 2 is 0.810 bits per heavy atom. The molecule has 0 saturated carbocycles. The Balaban J connectivity index is 0.00000202. The van der Waals surface area contributed by atoms with Gasteiger partial charge in [0.15, 0.2) is 0 Å². The van der Waals surface area contributed by atoms with Gasteiger partial charge in [0.2, 0.25) is 0 Å². The first-order valence-electron chi connectivity index (χ1n) is 14.6. The molecule has 0 saturated heterocycles. The Bertz CT molecular complexity index is 1540. The van der Waals surface area contributed by atoms with E-state index in [1.165, 1.54) is 11.1 Å². The number of hydrogen-bond acceptors (Lipinski definition) is 0. The van der Waals surface area contributed by atoms with Crippen molar-refractivity contribution in [1.82, 2.24) is 0 Å². The molecule has 0 aromatic heterocycles. The molecule has 2 aliphatic carbocycles. The molecule has 6 heteroatoms. The fourth-order valence-electron chi connectivity index (χ4n) is 6.78. The summed E-state index contributed by atoms with van der Waals surface area (Å²) in [4.78, 5) is 0. The molecule has 2 aliphatic rings. The molecule has 0 nitrogen and oxygen atoms in total. The normalized spacial score (nSPS) is 17.0. The van der Waals surface area contributed by atoms with Crippen molar-refractivity contribution in [3.05, 3.63) is 142 Å². The van der Waals surface area contributed by atoms with Crippen molar-refractivity contribution in [3.8, 4) is 0 Å². The summed E-state index contributed by atoms with van der Waals surface area (Å²) in [5.41, 5.74) is 5.26. The molecule has 2 atom stereocenters. The molecule has 214 valence electrons. The average Bonchev–Trinajstić information content (AvgIpc) is 3.52. The van der Waals surface area contributed by atoms with Gasteiger partial charge in [-0.3, -0.25) is 0 Å². The number of fused-ring (bicyclic) bond motifs is 2. The molecule has 0 radical (unpaired) electrons.